The molecule has 0 bridgehead atoms. The number of ether oxygens (including phenoxy) is 1. The van der Waals surface area contributed by atoms with Crippen LogP contribution in [0.1, 0.15) is 12.8 Å². The van der Waals surface area contributed by atoms with Crippen LogP contribution in [0.5, 0.6) is 5.75 Å². The molecule has 4 nitrogen and oxygen atoms in total. The largest absolute Gasteiger partial charge is 0.492 e. The number of carbonyl (C=O) groups excluding carboxylic acids is 1. The van der Waals surface area contributed by atoms with Gasteiger partial charge in [0.05, 0.1) is 18.2 Å². The maximum Gasteiger partial charge on any atom is 0.222 e. The van der Waals surface area contributed by atoms with Gasteiger partial charge in [-0.3, -0.25) is 4.79 Å². The summed E-state index contributed by atoms with van der Waals surface area (Å²) in [5.74, 6) is 0.612. The summed E-state index contributed by atoms with van der Waals surface area (Å²) in [6, 6.07) is 5.39. The van der Waals surface area contributed by atoms with Gasteiger partial charge in [0.1, 0.15) is 5.75 Å². The van der Waals surface area contributed by atoms with E-state index in [-0.39, 0.29) is 12.5 Å². The average molecular weight is 351 g/mol. The molecule has 0 fully saturated rings. The maximum absolute atomic E-state index is 11.6. The molecule has 0 aliphatic carbocycles. The first-order valence-corrected chi connectivity index (χ1v) is 7.14. The molecule has 1 amide bonds. The molecule has 0 aromatic heterocycles. The van der Waals surface area contributed by atoms with Crippen LogP contribution in [-0.2, 0) is 4.79 Å². The van der Waals surface area contributed by atoms with Crippen LogP contribution in [0.25, 0.3) is 0 Å². The number of hydrogen-bond acceptors (Lipinski definition) is 3. The minimum absolute atomic E-state index is 0.000414. The zero-order chi connectivity index (χ0) is 14.3. The number of carbonyl (C=O) groups is 1. The van der Waals surface area contributed by atoms with Crippen molar-refractivity contribution in [2.75, 3.05) is 26.8 Å². The number of aliphatic hydroxyl groups is 1. The Bertz CT molecular complexity index is 428. The standard InChI is InChI=1S/C13H17BrClNO3/c1-16(6-7-17)13(18)3-2-8-19-12-5-4-10(14)9-11(12)15/h4-5,9,17H,2-3,6-8H2,1H3. The van der Waals surface area contributed by atoms with Crippen molar-refractivity contribution in [2.24, 2.45) is 0 Å². The van der Waals surface area contributed by atoms with E-state index in [1.807, 2.05) is 6.07 Å². The maximum atomic E-state index is 11.6. The van der Waals surface area contributed by atoms with E-state index in [1.54, 1.807) is 19.2 Å². The molecule has 0 aliphatic rings. The Morgan fingerprint density at radius 1 is 1.53 bits per heavy atom. The number of rotatable bonds is 7. The predicted octanol–water partition coefficient (Wildman–Crippen LogP) is 2.71. The summed E-state index contributed by atoms with van der Waals surface area (Å²) in [5.41, 5.74) is 0. The molecule has 0 spiro atoms. The fourth-order valence-electron chi connectivity index (χ4n) is 1.46. The van der Waals surface area contributed by atoms with E-state index in [4.69, 9.17) is 21.4 Å². The van der Waals surface area contributed by atoms with E-state index in [9.17, 15) is 4.79 Å². The monoisotopic (exact) mass is 349 g/mol. The van der Waals surface area contributed by atoms with Gasteiger partial charge in [-0.15, -0.1) is 0 Å². The van der Waals surface area contributed by atoms with Gasteiger partial charge in [-0.1, -0.05) is 27.5 Å². The molecule has 0 aliphatic heterocycles. The Hall–Kier alpha value is -0.780. The van der Waals surface area contributed by atoms with Crippen molar-refractivity contribution in [3.63, 3.8) is 0 Å². The number of likely N-dealkylation sites (N-methyl/N-ethyl adjacent to an activating group) is 1. The smallest absolute Gasteiger partial charge is 0.222 e. The average Bonchev–Trinajstić information content (AvgIpc) is 2.36. The molecule has 0 radical (unpaired) electrons. The summed E-state index contributed by atoms with van der Waals surface area (Å²) < 4.78 is 6.40. The lowest BCUT2D eigenvalue weighted by atomic mass is 10.3. The van der Waals surface area contributed by atoms with Gasteiger partial charge in [0, 0.05) is 24.5 Å². The van der Waals surface area contributed by atoms with E-state index in [2.05, 4.69) is 15.9 Å². The quantitative estimate of drug-likeness (QED) is 0.769. The van der Waals surface area contributed by atoms with Crippen LogP contribution in [0.4, 0.5) is 0 Å². The number of hydrogen-bond donors (Lipinski definition) is 1. The molecule has 0 atom stereocenters. The highest BCUT2D eigenvalue weighted by Crippen LogP contribution is 2.27. The van der Waals surface area contributed by atoms with Crippen LogP contribution >= 0.6 is 27.5 Å². The summed E-state index contributed by atoms with van der Waals surface area (Å²) >= 11 is 9.32. The van der Waals surface area contributed by atoms with Crippen LogP contribution in [-0.4, -0.2) is 42.7 Å². The summed E-state index contributed by atoms with van der Waals surface area (Å²) in [5, 5.41) is 9.26. The molecule has 0 saturated carbocycles. The van der Waals surface area contributed by atoms with Crippen molar-refractivity contribution in [2.45, 2.75) is 12.8 Å². The molecule has 1 aromatic carbocycles. The molecule has 0 saturated heterocycles. The van der Waals surface area contributed by atoms with Gasteiger partial charge in [0.25, 0.3) is 0 Å². The molecule has 0 unspecified atom stereocenters. The molecular formula is C13H17BrClNO3. The van der Waals surface area contributed by atoms with Gasteiger partial charge in [-0.2, -0.15) is 0 Å². The van der Waals surface area contributed by atoms with E-state index in [1.165, 1.54) is 4.90 Å². The van der Waals surface area contributed by atoms with Crippen molar-refractivity contribution < 1.29 is 14.6 Å². The molecule has 19 heavy (non-hydrogen) atoms. The second-order valence-electron chi connectivity index (χ2n) is 4.07. The number of amides is 1. The predicted molar refractivity (Wildman–Crippen MR) is 78.6 cm³/mol. The normalized spacial score (nSPS) is 10.3. The van der Waals surface area contributed by atoms with Crippen molar-refractivity contribution in [1.82, 2.24) is 4.90 Å². The van der Waals surface area contributed by atoms with E-state index in [0.29, 0.717) is 36.8 Å². The minimum Gasteiger partial charge on any atom is -0.492 e. The van der Waals surface area contributed by atoms with Crippen molar-refractivity contribution in [3.05, 3.63) is 27.7 Å². The van der Waals surface area contributed by atoms with Crippen LogP contribution in [0, 0.1) is 0 Å². The van der Waals surface area contributed by atoms with Gasteiger partial charge < -0.3 is 14.7 Å². The summed E-state index contributed by atoms with van der Waals surface area (Å²) in [6.07, 6.45) is 1.01. The van der Waals surface area contributed by atoms with Gasteiger partial charge in [0.2, 0.25) is 5.91 Å². The second-order valence-corrected chi connectivity index (χ2v) is 5.39. The zero-order valence-corrected chi connectivity index (χ0v) is 13.1. The lowest BCUT2D eigenvalue weighted by Crippen LogP contribution is -2.29. The van der Waals surface area contributed by atoms with Gasteiger partial charge in [-0.05, 0) is 24.6 Å². The first-order valence-electron chi connectivity index (χ1n) is 5.97. The van der Waals surface area contributed by atoms with Crippen molar-refractivity contribution in [1.29, 1.82) is 0 Å². The summed E-state index contributed by atoms with van der Waals surface area (Å²) in [7, 11) is 1.67. The zero-order valence-electron chi connectivity index (χ0n) is 10.7. The highest BCUT2D eigenvalue weighted by molar-refractivity contribution is 9.10. The van der Waals surface area contributed by atoms with Gasteiger partial charge in [-0.25, -0.2) is 0 Å². The highest BCUT2D eigenvalue weighted by Gasteiger charge is 2.08. The van der Waals surface area contributed by atoms with E-state index >= 15 is 0 Å². The third kappa shape index (κ3) is 5.80. The summed E-state index contributed by atoms with van der Waals surface area (Å²) in [6.45, 7) is 0.769. The minimum atomic E-state index is -0.0206. The SMILES string of the molecule is CN(CCO)C(=O)CCCOc1ccc(Br)cc1Cl. The Balaban J connectivity index is 2.29. The van der Waals surface area contributed by atoms with Crippen LogP contribution < -0.4 is 4.74 Å². The molecule has 1 N–H and O–H groups in total. The lowest BCUT2D eigenvalue weighted by molar-refractivity contribution is -0.130. The van der Waals surface area contributed by atoms with Crippen LogP contribution in [0.2, 0.25) is 5.02 Å². The molecule has 106 valence electrons. The first kappa shape index (κ1) is 16.3. The molecule has 6 heteroatoms. The van der Waals surface area contributed by atoms with Gasteiger partial charge >= 0.3 is 0 Å². The first-order chi connectivity index (χ1) is 9.04. The topological polar surface area (TPSA) is 49.8 Å². The third-order valence-corrected chi connectivity index (χ3v) is 3.34. The number of nitrogens with zero attached hydrogens (tertiary/aromatic N) is 1. The van der Waals surface area contributed by atoms with E-state index in [0.717, 1.165) is 4.47 Å². The van der Waals surface area contributed by atoms with Crippen molar-refractivity contribution >= 4 is 33.4 Å². The highest BCUT2D eigenvalue weighted by atomic mass is 79.9. The fraction of sp³-hybridized carbons (Fsp3) is 0.462. The van der Waals surface area contributed by atoms with Crippen molar-refractivity contribution in [3.8, 4) is 5.75 Å². The fourth-order valence-corrected chi connectivity index (χ4v) is 2.19. The number of aliphatic hydroxyl groups excluding tert-OH is 1. The molecule has 1 aromatic rings. The van der Waals surface area contributed by atoms with Crippen LogP contribution in [0.15, 0.2) is 22.7 Å². The number of halogens is 2. The Morgan fingerprint density at radius 3 is 2.89 bits per heavy atom. The van der Waals surface area contributed by atoms with Gasteiger partial charge in [0.15, 0.2) is 0 Å². The Morgan fingerprint density at radius 2 is 2.26 bits per heavy atom. The van der Waals surface area contributed by atoms with E-state index < -0.39 is 0 Å². The summed E-state index contributed by atoms with van der Waals surface area (Å²) in [4.78, 5) is 13.1. The third-order valence-electron chi connectivity index (χ3n) is 2.55. The molecule has 0 heterocycles. The molecule has 1 rings (SSSR count). The Labute approximate surface area is 126 Å². The second kappa shape index (κ2) is 8.40. The lowest BCUT2D eigenvalue weighted by Gasteiger charge is -2.15. The molecular weight excluding hydrogens is 334 g/mol. The Kier molecular flexibility index (Phi) is 7.20. The van der Waals surface area contributed by atoms with Crippen LogP contribution in [0.3, 0.4) is 0 Å². The number of benzene rings is 1.